The van der Waals surface area contributed by atoms with Crippen LogP contribution < -0.4 is 10.6 Å². The molecule has 0 heterocycles. The first-order valence-electron chi connectivity index (χ1n) is 7.86. The SMILES string of the molecule is CCSC1CCCC(NC(=O)NC(CCO)C(C)C)C1. The van der Waals surface area contributed by atoms with Gasteiger partial charge in [0.2, 0.25) is 0 Å². The highest BCUT2D eigenvalue weighted by atomic mass is 32.2. The van der Waals surface area contributed by atoms with E-state index in [0.717, 1.165) is 18.6 Å². The number of hydrogen-bond donors (Lipinski definition) is 3. The Labute approximate surface area is 127 Å². The summed E-state index contributed by atoms with van der Waals surface area (Å²) in [6.45, 7) is 6.43. The van der Waals surface area contributed by atoms with Crippen molar-refractivity contribution in [2.45, 2.75) is 70.2 Å². The minimum Gasteiger partial charge on any atom is -0.396 e. The van der Waals surface area contributed by atoms with Gasteiger partial charge in [-0.1, -0.05) is 27.2 Å². The van der Waals surface area contributed by atoms with Gasteiger partial charge < -0.3 is 15.7 Å². The molecule has 3 atom stereocenters. The van der Waals surface area contributed by atoms with Crippen molar-refractivity contribution in [3.05, 3.63) is 0 Å². The smallest absolute Gasteiger partial charge is 0.315 e. The predicted molar refractivity (Wildman–Crippen MR) is 86.2 cm³/mol. The third-order valence-corrected chi connectivity index (χ3v) is 5.16. The summed E-state index contributed by atoms with van der Waals surface area (Å²) in [4.78, 5) is 12.1. The molecule has 4 nitrogen and oxygen atoms in total. The molecule has 3 N–H and O–H groups in total. The van der Waals surface area contributed by atoms with E-state index >= 15 is 0 Å². The number of rotatable bonds is 7. The van der Waals surface area contributed by atoms with E-state index in [1.165, 1.54) is 12.8 Å². The number of thioether (sulfide) groups is 1. The highest BCUT2D eigenvalue weighted by Crippen LogP contribution is 2.28. The molecule has 2 amide bonds. The second-order valence-corrected chi connectivity index (χ2v) is 7.50. The van der Waals surface area contributed by atoms with Crippen LogP contribution in [0.3, 0.4) is 0 Å². The van der Waals surface area contributed by atoms with Crippen molar-refractivity contribution >= 4 is 17.8 Å². The first kappa shape index (κ1) is 17.6. The molecule has 0 aliphatic heterocycles. The zero-order chi connectivity index (χ0) is 15.0. The van der Waals surface area contributed by atoms with Crippen molar-refractivity contribution < 1.29 is 9.90 Å². The van der Waals surface area contributed by atoms with E-state index in [9.17, 15) is 4.79 Å². The van der Waals surface area contributed by atoms with Gasteiger partial charge in [-0.05, 0) is 37.4 Å². The van der Waals surface area contributed by atoms with Crippen LogP contribution >= 0.6 is 11.8 Å². The molecular weight excluding hydrogens is 272 g/mol. The van der Waals surface area contributed by atoms with E-state index in [-0.39, 0.29) is 18.7 Å². The molecule has 0 spiro atoms. The summed E-state index contributed by atoms with van der Waals surface area (Å²) in [5.41, 5.74) is 0. The van der Waals surface area contributed by atoms with Gasteiger partial charge in [-0.25, -0.2) is 4.79 Å². The van der Waals surface area contributed by atoms with Gasteiger partial charge in [-0.15, -0.1) is 0 Å². The molecule has 0 radical (unpaired) electrons. The van der Waals surface area contributed by atoms with Gasteiger partial charge in [0.1, 0.15) is 0 Å². The van der Waals surface area contributed by atoms with Gasteiger partial charge in [0, 0.05) is 23.9 Å². The maximum Gasteiger partial charge on any atom is 0.315 e. The number of carbonyl (C=O) groups excluding carboxylic acids is 1. The van der Waals surface area contributed by atoms with Crippen LogP contribution in [0.5, 0.6) is 0 Å². The first-order valence-corrected chi connectivity index (χ1v) is 8.91. The van der Waals surface area contributed by atoms with E-state index in [2.05, 4.69) is 31.4 Å². The summed E-state index contributed by atoms with van der Waals surface area (Å²) in [5.74, 6) is 1.48. The third kappa shape index (κ3) is 6.35. The lowest BCUT2D eigenvalue weighted by molar-refractivity contribution is 0.213. The molecule has 0 aromatic heterocycles. The monoisotopic (exact) mass is 302 g/mol. The molecule has 20 heavy (non-hydrogen) atoms. The van der Waals surface area contributed by atoms with Crippen LogP contribution in [0.15, 0.2) is 0 Å². The van der Waals surface area contributed by atoms with Crippen LogP contribution in [0.2, 0.25) is 0 Å². The van der Waals surface area contributed by atoms with Crippen LogP contribution in [0.25, 0.3) is 0 Å². The fourth-order valence-corrected chi connectivity index (χ4v) is 3.94. The molecule has 0 aromatic carbocycles. The van der Waals surface area contributed by atoms with Crippen molar-refractivity contribution in [1.82, 2.24) is 10.6 Å². The Balaban J connectivity index is 2.36. The van der Waals surface area contributed by atoms with Crippen molar-refractivity contribution in [2.75, 3.05) is 12.4 Å². The largest absolute Gasteiger partial charge is 0.396 e. The first-order chi connectivity index (χ1) is 9.56. The fraction of sp³-hybridized carbons (Fsp3) is 0.933. The molecule has 0 aromatic rings. The standard InChI is InChI=1S/C15H30N2O2S/c1-4-20-13-7-5-6-12(10-13)16-15(19)17-14(8-9-18)11(2)3/h11-14,18H,4-10H2,1-3H3,(H2,16,17,19). The molecule has 118 valence electrons. The quantitative estimate of drug-likeness (QED) is 0.677. The van der Waals surface area contributed by atoms with Gasteiger partial charge in [-0.3, -0.25) is 0 Å². The van der Waals surface area contributed by atoms with E-state index in [0.29, 0.717) is 23.6 Å². The Kier molecular flexibility index (Phi) is 8.38. The second-order valence-electron chi connectivity index (χ2n) is 5.92. The maximum absolute atomic E-state index is 12.1. The average molecular weight is 302 g/mol. The number of aliphatic hydroxyl groups excluding tert-OH is 1. The zero-order valence-electron chi connectivity index (χ0n) is 13.0. The summed E-state index contributed by atoms with van der Waals surface area (Å²) in [7, 11) is 0. The number of hydrogen-bond acceptors (Lipinski definition) is 3. The fourth-order valence-electron chi connectivity index (χ4n) is 2.77. The van der Waals surface area contributed by atoms with Crippen LogP contribution in [-0.2, 0) is 0 Å². The van der Waals surface area contributed by atoms with Crippen molar-refractivity contribution in [1.29, 1.82) is 0 Å². The predicted octanol–water partition coefficient (Wildman–Crippen LogP) is 2.76. The van der Waals surface area contributed by atoms with Crippen molar-refractivity contribution in [3.63, 3.8) is 0 Å². The normalized spacial score (nSPS) is 24.4. The summed E-state index contributed by atoms with van der Waals surface area (Å²) in [6, 6.07) is 0.267. The van der Waals surface area contributed by atoms with Crippen molar-refractivity contribution in [2.24, 2.45) is 5.92 Å². The minimum absolute atomic E-state index is 0.0457. The maximum atomic E-state index is 12.1. The third-order valence-electron chi connectivity index (χ3n) is 3.93. The molecule has 1 saturated carbocycles. The van der Waals surface area contributed by atoms with Crippen LogP contribution in [0.1, 0.15) is 52.9 Å². The Morgan fingerprint density at radius 2 is 2.15 bits per heavy atom. The summed E-state index contributed by atoms with van der Waals surface area (Å²) in [5, 5.41) is 15.8. The van der Waals surface area contributed by atoms with E-state index < -0.39 is 0 Å². The molecule has 1 aliphatic carbocycles. The Hall–Kier alpha value is -0.420. The van der Waals surface area contributed by atoms with Gasteiger partial charge in [0.25, 0.3) is 0 Å². The molecule has 5 heteroatoms. The van der Waals surface area contributed by atoms with E-state index in [4.69, 9.17) is 5.11 Å². The number of aliphatic hydroxyl groups is 1. The number of carbonyl (C=O) groups is 1. The average Bonchev–Trinajstić information content (AvgIpc) is 2.38. The lowest BCUT2D eigenvalue weighted by Crippen LogP contribution is -2.49. The lowest BCUT2D eigenvalue weighted by atomic mass is 9.95. The summed E-state index contributed by atoms with van der Waals surface area (Å²) < 4.78 is 0. The van der Waals surface area contributed by atoms with Gasteiger partial charge in [0.05, 0.1) is 0 Å². The van der Waals surface area contributed by atoms with Gasteiger partial charge in [0.15, 0.2) is 0 Å². The Morgan fingerprint density at radius 3 is 2.75 bits per heavy atom. The molecule has 0 saturated heterocycles. The number of amides is 2. The van der Waals surface area contributed by atoms with Crippen LogP contribution in [0, 0.1) is 5.92 Å². The molecule has 3 unspecified atom stereocenters. The summed E-state index contributed by atoms with van der Waals surface area (Å²) >= 11 is 2.01. The highest BCUT2D eigenvalue weighted by molar-refractivity contribution is 7.99. The van der Waals surface area contributed by atoms with Gasteiger partial charge in [-0.2, -0.15) is 11.8 Å². The Morgan fingerprint density at radius 1 is 1.40 bits per heavy atom. The van der Waals surface area contributed by atoms with Crippen molar-refractivity contribution in [3.8, 4) is 0 Å². The van der Waals surface area contributed by atoms with Gasteiger partial charge >= 0.3 is 6.03 Å². The zero-order valence-corrected chi connectivity index (χ0v) is 13.8. The molecular formula is C15H30N2O2S. The van der Waals surface area contributed by atoms with Crippen LogP contribution in [0.4, 0.5) is 4.79 Å². The topological polar surface area (TPSA) is 61.4 Å². The molecule has 1 aliphatic rings. The van der Waals surface area contributed by atoms with Crippen LogP contribution in [-0.4, -0.2) is 40.8 Å². The number of urea groups is 1. The summed E-state index contributed by atoms with van der Waals surface area (Å²) in [6.07, 6.45) is 5.26. The number of nitrogens with one attached hydrogen (secondary N) is 2. The minimum atomic E-state index is -0.0794. The molecule has 0 bridgehead atoms. The Bertz CT molecular complexity index is 285. The highest BCUT2D eigenvalue weighted by Gasteiger charge is 2.24. The van der Waals surface area contributed by atoms with E-state index in [1.54, 1.807) is 0 Å². The lowest BCUT2D eigenvalue weighted by Gasteiger charge is -2.30. The van der Waals surface area contributed by atoms with E-state index in [1.807, 2.05) is 11.8 Å². The molecule has 1 fully saturated rings. The molecule has 1 rings (SSSR count). The second kappa shape index (κ2) is 9.50.